The molecular weight excluding hydrogens is 416 g/mol. The monoisotopic (exact) mass is 438 g/mol. The van der Waals surface area contributed by atoms with E-state index in [2.05, 4.69) is 120 Å². The smallest absolute Gasteiger partial charge is 0.135 e. The fourth-order valence-corrected chi connectivity index (χ4v) is 5.15. The zero-order chi connectivity index (χ0) is 22.6. The maximum Gasteiger partial charge on any atom is 0.135 e. The third kappa shape index (κ3) is 2.70. The summed E-state index contributed by atoms with van der Waals surface area (Å²) in [6.45, 7) is 2.17. The largest absolute Gasteiger partial charge is 0.456 e. The summed E-state index contributed by atoms with van der Waals surface area (Å²) in [5.41, 5.74) is 9.99. The lowest BCUT2D eigenvalue weighted by molar-refractivity contribution is 0.669. The molecule has 0 unspecified atom stereocenters. The SMILES string of the molecule is Cc1ccccc1N1c2ccccc2N(c2ccc3oc4ccccc4c3c2)c2ccccc21. The van der Waals surface area contributed by atoms with Crippen LogP contribution in [0.4, 0.5) is 34.1 Å². The molecule has 34 heavy (non-hydrogen) atoms. The van der Waals surface area contributed by atoms with Gasteiger partial charge in [0.05, 0.1) is 22.7 Å². The molecule has 3 nitrogen and oxygen atoms in total. The van der Waals surface area contributed by atoms with Gasteiger partial charge in [-0.25, -0.2) is 0 Å². The van der Waals surface area contributed by atoms with Gasteiger partial charge in [0.1, 0.15) is 11.2 Å². The lowest BCUT2D eigenvalue weighted by Gasteiger charge is -2.40. The molecule has 1 aliphatic rings. The van der Waals surface area contributed by atoms with Crippen molar-refractivity contribution in [3.8, 4) is 0 Å². The van der Waals surface area contributed by atoms with Gasteiger partial charge in [-0.15, -0.1) is 0 Å². The van der Waals surface area contributed by atoms with Crippen LogP contribution in [0, 0.1) is 6.92 Å². The van der Waals surface area contributed by atoms with E-state index in [1.807, 2.05) is 12.1 Å². The molecule has 5 aromatic carbocycles. The number of anilines is 6. The van der Waals surface area contributed by atoms with Crippen LogP contribution in [0.1, 0.15) is 5.56 Å². The van der Waals surface area contributed by atoms with Crippen molar-refractivity contribution < 1.29 is 4.42 Å². The average molecular weight is 439 g/mol. The Morgan fingerprint density at radius 1 is 0.471 bits per heavy atom. The van der Waals surface area contributed by atoms with Crippen molar-refractivity contribution >= 4 is 56.1 Å². The standard InChI is InChI=1S/C31H22N2O/c1-21-10-2-4-12-25(21)33-28-15-7-5-13-26(28)32(27-14-6-8-16-29(27)33)22-18-19-31-24(20-22)23-11-3-9-17-30(23)34-31/h2-20H,1H3. The number of furan rings is 1. The minimum Gasteiger partial charge on any atom is -0.456 e. The van der Waals surface area contributed by atoms with E-state index >= 15 is 0 Å². The van der Waals surface area contributed by atoms with E-state index in [1.165, 1.54) is 11.3 Å². The van der Waals surface area contributed by atoms with E-state index < -0.39 is 0 Å². The molecule has 0 bridgehead atoms. The molecule has 0 amide bonds. The number of hydrogen-bond acceptors (Lipinski definition) is 3. The van der Waals surface area contributed by atoms with Gasteiger partial charge in [-0.3, -0.25) is 0 Å². The molecule has 0 radical (unpaired) electrons. The van der Waals surface area contributed by atoms with Crippen LogP contribution >= 0.6 is 0 Å². The molecule has 7 rings (SSSR count). The zero-order valence-electron chi connectivity index (χ0n) is 18.8. The second-order valence-electron chi connectivity index (χ2n) is 8.71. The van der Waals surface area contributed by atoms with Crippen molar-refractivity contribution in [2.75, 3.05) is 9.80 Å². The van der Waals surface area contributed by atoms with Gasteiger partial charge in [-0.1, -0.05) is 60.7 Å². The molecule has 1 aromatic heterocycles. The van der Waals surface area contributed by atoms with Crippen LogP contribution in [0.3, 0.4) is 0 Å². The minimum atomic E-state index is 0.907. The maximum atomic E-state index is 6.10. The maximum absolute atomic E-state index is 6.10. The van der Waals surface area contributed by atoms with Crippen LogP contribution in [-0.2, 0) is 0 Å². The molecule has 0 aliphatic carbocycles. The summed E-state index contributed by atoms with van der Waals surface area (Å²) in [4.78, 5) is 4.74. The first kappa shape index (κ1) is 19.0. The Morgan fingerprint density at radius 3 is 1.68 bits per heavy atom. The van der Waals surface area contributed by atoms with Crippen LogP contribution < -0.4 is 9.80 Å². The van der Waals surface area contributed by atoms with E-state index in [0.29, 0.717) is 0 Å². The quantitative estimate of drug-likeness (QED) is 0.268. The highest BCUT2D eigenvalue weighted by molar-refractivity contribution is 6.08. The number of rotatable bonds is 2. The number of hydrogen-bond donors (Lipinski definition) is 0. The van der Waals surface area contributed by atoms with Gasteiger partial charge in [0.2, 0.25) is 0 Å². The molecular formula is C31H22N2O. The second kappa shape index (κ2) is 7.26. The lowest BCUT2D eigenvalue weighted by atomic mass is 10.0. The van der Waals surface area contributed by atoms with Crippen LogP contribution in [0.5, 0.6) is 0 Å². The second-order valence-corrected chi connectivity index (χ2v) is 8.71. The highest BCUT2D eigenvalue weighted by Gasteiger charge is 2.30. The number of para-hydroxylation sites is 6. The molecule has 0 atom stereocenters. The van der Waals surface area contributed by atoms with E-state index in [4.69, 9.17) is 4.42 Å². The Morgan fingerprint density at radius 2 is 1.00 bits per heavy atom. The van der Waals surface area contributed by atoms with Gasteiger partial charge >= 0.3 is 0 Å². The molecule has 0 N–H and O–H groups in total. The Bertz CT molecular complexity index is 1650. The van der Waals surface area contributed by atoms with Crippen molar-refractivity contribution in [1.82, 2.24) is 0 Å². The van der Waals surface area contributed by atoms with Gasteiger partial charge in [-0.2, -0.15) is 0 Å². The zero-order valence-corrected chi connectivity index (χ0v) is 18.8. The van der Waals surface area contributed by atoms with Crippen LogP contribution in [0.25, 0.3) is 21.9 Å². The third-order valence-electron chi connectivity index (χ3n) is 6.70. The summed E-state index contributed by atoms with van der Waals surface area (Å²) < 4.78 is 6.10. The molecule has 0 saturated carbocycles. The van der Waals surface area contributed by atoms with Crippen molar-refractivity contribution in [2.24, 2.45) is 0 Å². The Hall–Kier alpha value is -4.50. The highest BCUT2D eigenvalue weighted by atomic mass is 16.3. The number of benzene rings is 5. The van der Waals surface area contributed by atoms with Gasteiger partial charge in [0, 0.05) is 22.1 Å². The van der Waals surface area contributed by atoms with Crippen LogP contribution in [-0.4, -0.2) is 0 Å². The summed E-state index contributed by atoms with van der Waals surface area (Å²) in [6.07, 6.45) is 0. The van der Waals surface area contributed by atoms with Gasteiger partial charge in [-0.05, 0) is 67.1 Å². The highest BCUT2D eigenvalue weighted by Crippen LogP contribution is 2.54. The fourth-order valence-electron chi connectivity index (χ4n) is 5.15. The number of fused-ring (bicyclic) bond motifs is 5. The number of aryl methyl sites for hydroxylation is 1. The average Bonchev–Trinajstić information content (AvgIpc) is 3.26. The van der Waals surface area contributed by atoms with Gasteiger partial charge in [0.15, 0.2) is 0 Å². The molecule has 1 aliphatic heterocycles. The van der Waals surface area contributed by atoms with E-state index in [0.717, 1.165) is 50.4 Å². The molecule has 3 heteroatoms. The molecule has 6 aromatic rings. The van der Waals surface area contributed by atoms with Crippen molar-refractivity contribution in [3.63, 3.8) is 0 Å². The molecule has 0 spiro atoms. The topological polar surface area (TPSA) is 19.6 Å². The normalized spacial score (nSPS) is 12.7. The third-order valence-corrected chi connectivity index (χ3v) is 6.70. The predicted molar refractivity (Wildman–Crippen MR) is 141 cm³/mol. The summed E-state index contributed by atoms with van der Waals surface area (Å²) in [5, 5.41) is 2.27. The summed E-state index contributed by atoms with van der Waals surface area (Å²) >= 11 is 0. The van der Waals surface area contributed by atoms with Crippen molar-refractivity contribution in [2.45, 2.75) is 6.92 Å². The van der Waals surface area contributed by atoms with Crippen LogP contribution in [0.2, 0.25) is 0 Å². The minimum absolute atomic E-state index is 0.907. The Kier molecular flexibility index (Phi) is 4.06. The molecule has 0 fully saturated rings. The Balaban J connectivity index is 1.50. The number of nitrogens with zero attached hydrogens (tertiary/aromatic N) is 2. The molecule has 2 heterocycles. The van der Waals surface area contributed by atoms with Crippen molar-refractivity contribution in [1.29, 1.82) is 0 Å². The molecule has 0 saturated heterocycles. The van der Waals surface area contributed by atoms with E-state index in [9.17, 15) is 0 Å². The summed E-state index contributed by atoms with van der Waals surface area (Å²) in [6, 6.07) is 40.6. The summed E-state index contributed by atoms with van der Waals surface area (Å²) in [5.74, 6) is 0. The first-order valence-electron chi connectivity index (χ1n) is 11.5. The lowest BCUT2D eigenvalue weighted by Crippen LogP contribution is -2.24. The summed E-state index contributed by atoms with van der Waals surface area (Å²) in [7, 11) is 0. The van der Waals surface area contributed by atoms with Crippen molar-refractivity contribution in [3.05, 3.63) is 121 Å². The predicted octanol–water partition coefficient (Wildman–Crippen LogP) is 9.15. The molecule has 162 valence electrons. The van der Waals surface area contributed by atoms with E-state index in [-0.39, 0.29) is 0 Å². The first-order valence-corrected chi connectivity index (χ1v) is 11.5. The van der Waals surface area contributed by atoms with Gasteiger partial charge < -0.3 is 14.2 Å². The van der Waals surface area contributed by atoms with Gasteiger partial charge in [0.25, 0.3) is 0 Å². The van der Waals surface area contributed by atoms with E-state index in [1.54, 1.807) is 0 Å². The Labute approximate surface area is 198 Å². The first-order chi connectivity index (χ1) is 16.8. The van der Waals surface area contributed by atoms with Crippen LogP contribution in [0.15, 0.2) is 120 Å². The fraction of sp³-hybridized carbons (Fsp3) is 0.0323.